The second kappa shape index (κ2) is 6.33. The zero-order chi connectivity index (χ0) is 14.5. The quantitative estimate of drug-likeness (QED) is 0.696. The van der Waals surface area contributed by atoms with Crippen molar-refractivity contribution in [3.05, 3.63) is 23.3 Å². The Hall–Kier alpha value is -2.15. The zero-order valence-corrected chi connectivity index (χ0v) is 11.7. The second-order valence-corrected chi connectivity index (χ2v) is 5.45. The smallest absolute Gasteiger partial charge is 0.263 e. The van der Waals surface area contributed by atoms with E-state index in [0.717, 1.165) is 10.1 Å². The van der Waals surface area contributed by atoms with Crippen molar-refractivity contribution in [1.82, 2.24) is 10.3 Å². The van der Waals surface area contributed by atoms with Crippen LogP contribution in [0.3, 0.4) is 0 Å². The second-order valence-electron chi connectivity index (χ2n) is 4.40. The Morgan fingerprint density at radius 3 is 2.85 bits per heavy atom. The lowest BCUT2D eigenvalue weighted by Gasteiger charge is -2.03. The standard InChI is InChI=1S/C13H16N4O2S/c14-10(18)3-1-2-5-17-13(19)12-11(15)8-4-6-16-7-9(8)20-12/h4,6-7H,1-3,5,15H2,(H2,14,18)(H,17,19). The van der Waals surface area contributed by atoms with Crippen molar-refractivity contribution in [2.75, 3.05) is 12.3 Å². The number of carbonyl (C=O) groups excluding carboxylic acids is 2. The first-order valence-corrected chi connectivity index (χ1v) is 7.09. The van der Waals surface area contributed by atoms with Crippen molar-refractivity contribution in [1.29, 1.82) is 0 Å². The van der Waals surface area contributed by atoms with Gasteiger partial charge in [0.15, 0.2) is 0 Å². The Morgan fingerprint density at radius 1 is 1.35 bits per heavy atom. The molecular weight excluding hydrogens is 276 g/mol. The fourth-order valence-corrected chi connectivity index (χ4v) is 2.85. The first-order valence-electron chi connectivity index (χ1n) is 6.28. The zero-order valence-electron chi connectivity index (χ0n) is 10.9. The predicted octanol–water partition coefficient (Wildman–Crippen LogP) is 1.26. The molecule has 7 heteroatoms. The van der Waals surface area contributed by atoms with E-state index < -0.39 is 0 Å². The number of amides is 2. The number of unbranched alkanes of at least 4 members (excludes halogenated alkanes) is 1. The fraction of sp³-hybridized carbons (Fsp3) is 0.308. The van der Waals surface area contributed by atoms with Gasteiger partial charge in [-0.1, -0.05) is 0 Å². The van der Waals surface area contributed by atoms with Gasteiger partial charge in [0.25, 0.3) is 5.91 Å². The van der Waals surface area contributed by atoms with Crippen LogP contribution in [0.5, 0.6) is 0 Å². The molecule has 0 aliphatic heterocycles. The summed E-state index contributed by atoms with van der Waals surface area (Å²) >= 11 is 1.33. The highest BCUT2D eigenvalue weighted by atomic mass is 32.1. The fourth-order valence-electron chi connectivity index (χ4n) is 1.85. The maximum absolute atomic E-state index is 12.0. The number of carbonyl (C=O) groups is 2. The lowest BCUT2D eigenvalue weighted by Crippen LogP contribution is -2.24. The number of primary amides is 1. The maximum atomic E-state index is 12.0. The van der Waals surface area contributed by atoms with Gasteiger partial charge in [-0.05, 0) is 18.9 Å². The third-order valence-corrected chi connectivity index (χ3v) is 4.03. The average molecular weight is 292 g/mol. The van der Waals surface area contributed by atoms with Crippen molar-refractivity contribution in [2.24, 2.45) is 5.73 Å². The minimum atomic E-state index is -0.322. The largest absolute Gasteiger partial charge is 0.397 e. The number of rotatable bonds is 6. The molecule has 0 radical (unpaired) electrons. The number of thiophene rings is 1. The van der Waals surface area contributed by atoms with Gasteiger partial charge in [-0.15, -0.1) is 11.3 Å². The number of aromatic nitrogens is 1. The molecule has 0 spiro atoms. The van der Waals surface area contributed by atoms with Gasteiger partial charge in [0.2, 0.25) is 5.91 Å². The summed E-state index contributed by atoms with van der Waals surface area (Å²) in [4.78, 5) is 27.1. The van der Waals surface area contributed by atoms with Crippen LogP contribution in [0.25, 0.3) is 10.1 Å². The summed E-state index contributed by atoms with van der Waals surface area (Å²) in [5, 5.41) is 3.64. The topological polar surface area (TPSA) is 111 Å². The number of hydrogen-bond acceptors (Lipinski definition) is 5. The van der Waals surface area contributed by atoms with Gasteiger partial charge in [0, 0.05) is 30.7 Å². The SMILES string of the molecule is NC(=O)CCCCNC(=O)c1sc2cnccc2c1N. The number of pyridine rings is 1. The summed E-state index contributed by atoms with van der Waals surface area (Å²) in [5.41, 5.74) is 11.5. The summed E-state index contributed by atoms with van der Waals surface area (Å²) in [5.74, 6) is -0.514. The molecule has 0 bridgehead atoms. The number of nitrogens with zero attached hydrogens (tertiary/aromatic N) is 1. The molecule has 20 heavy (non-hydrogen) atoms. The summed E-state index contributed by atoms with van der Waals surface area (Å²) in [7, 11) is 0. The Morgan fingerprint density at radius 2 is 2.15 bits per heavy atom. The molecule has 0 aliphatic rings. The van der Waals surface area contributed by atoms with Crippen molar-refractivity contribution in [3.8, 4) is 0 Å². The Balaban J connectivity index is 1.94. The molecule has 6 nitrogen and oxygen atoms in total. The van der Waals surface area contributed by atoms with Gasteiger partial charge in [-0.2, -0.15) is 0 Å². The Kier molecular flexibility index (Phi) is 4.52. The molecule has 2 rings (SSSR count). The molecule has 5 N–H and O–H groups in total. The Bertz CT molecular complexity index is 638. The maximum Gasteiger partial charge on any atom is 0.263 e. The van der Waals surface area contributed by atoms with Crippen LogP contribution in [0.2, 0.25) is 0 Å². The molecule has 2 amide bonds. The lowest BCUT2D eigenvalue weighted by atomic mass is 10.2. The molecule has 0 aliphatic carbocycles. The average Bonchev–Trinajstić information content (AvgIpc) is 2.76. The van der Waals surface area contributed by atoms with Gasteiger partial charge in [0.05, 0.1) is 10.4 Å². The van der Waals surface area contributed by atoms with Crippen LogP contribution in [0.4, 0.5) is 5.69 Å². The molecule has 2 heterocycles. The highest BCUT2D eigenvalue weighted by Gasteiger charge is 2.15. The molecule has 2 aromatic heterocycles. The summed E-state index contributed by atoms with van der Waals surface area (Å²) in [6.07, 6.45) is 5.06. The van der Waals surface area contributed by atoms with Crippen LogP contribution in [0.1, 0.15) is 28.9 Å². The van der Waals surface area contributed by atoms with Gasteiger partial charge >= 0.3 is 0 Å². The predicted molar refractivity (Wildman–Crippen MR) is 79.4 cm³/mol. The molecule has 0 unspecified atom stereocenters. The van der Waals surface area contributed by atoms with Crippen molar-refractivity contribution in [2.45, 2.75) is 19.3 Å². The van der Waals surface area contributed by atoms with Crippen LogP contribution in [0.15, 0.2) is 18.5 Å². The highest BCUT2D eigenvalue weighted by Crippen LogP contribution is 2.32. The van der Waals surface area contributed by atoms with E-state index in [4.69, 9.17) is 11.5 Å². The van der Waals surface area contributed by atoms with E-state index >= 15 is 0 Å². The van der Waals surface area contributed by atoms with Gasteiger partial charge in [-0.25, -0.2) is 0 Å². The van der Waals surface area contributed by atoms with E-state index in [2.05, 4.69) is 10.3 Å². The molecule has 106 valence electrons. The molecule has 0 aromatic carbocycles. The third kappa shape index (κ3) is 3.24. The van der Waals surface area contributed by atoms with Crippen LogP contribution >= 0.6 is 11.3 Å². The minimum Gasteiger partial charge on any atom is -0.397 e. The third-order valence-electron chi connectivity index (χ3n) is 2.87. The number of fused-ring (bicyclic) bond motifs is 1. The molecule has 2 aromatic rings. The van der Waals surface area contributed by atoms with E-state index in [1.54, 1.807) is 18.5 Å². The van der Waals surface area contributed by atoms with Crippen LogP contribution in [0, 0.1) is 0 Å². The summed E-state index contributed by atoms with van der Waals surface area (Å²) < 4.78 is 0.892. The van der Waals surface area contributed by atoms with Crippen LogP contribution in [-0.4, -0.2) is 23.3 Å². The lowest BCUT2D eigenvalue weighted by molar-refractivity contribution is -0.118. The molecular formula is C13H16N4O2S. The van der Waals surface area contributed by atoms with E-state index in [1.807, 2.05) is 0 Å². The monoisotopic (exact) mass is 292 g/mol. The highest BCUT2D eigenvalue weighted by molar-refractivity contribution is 7.21. The molecule has 0 atom stereocenters. The first kappa shape index (κ1) is 14.3. The summed E-state index contributed by atoms with van der Waals surface area (Å²) in [6.45, 7) is 0.498. The van der Waals surface area contributed by atoms with E-state index in [0.29, 0.717) is 36.4 Å². The molecule has 0 saturated heterocycles. The van der Waals surface area contributed by atoms with Crippen LogP contribution in [-0.2, 0) is 4.79 Å². The van der Waals surface area contributed by atoms with Gasteiger partial charge in [0.1, 0.15) is 4.88 Å². The number of nitrogens with two attached hydrogens (primary N) is 2. The normalized spacial score (nSPS) is 10.6. The first-order chi connectivity index (χ1) is 9.59. The minimum absolute atomic E-state index is 0.192. The number of nitrogen functional groups attached to an aromatic ring is 1. The Labute approximate surface area is 120 Å². The van der Waals surface area contributed by atoms with Crippen LogP contribution < -0.4 is 16.8 Å². The number of anilines is 1. The van der Waals surface area contributed by atoms with Gasteiger partial charge < -0.3 is 16.8 Å². The van der Waals surface area contributed by atoms with Crippen molar-refractivity contribution >= 4 is 38.9 Å². The van der Waals surface area contributed by atoms with E-state index in [1.165, 1.54) is 11.3 Å². The van der Waals surface area contributed by atoms with E-state index in [-0.39, 0.29) is 11.8 Å². The molecule has 0 fully saturated rings. The van der Waals surface area contributed by atoms with Crippen molar-refractivity contribution < 1.29 is 9.59 Å². The van der Waals surface area contributed by atoms with Crippen molar-refractivity contribution in [3.63, 3.8) is 0 Å². The number of hydrogen-bond donors (Lipinski definition) is 3. The van der Waals surface area contributed by atoms with E-state index in [9.17, 15) is 9.59 Å². The molecule has 0 saturated carbocycles. The van der Waals surface area contributed by atoms with Gasteiger partial charge in [-0.3, -0.25) is 14.6 Å². The number of nitrogens with one attached hydrogen (secondary N) is 1. The summed E-state index contributed by atoms with van der Waals surface area (Å²) in [6, 6.07) is 1.80.